The molecule has 2 unspecified atom stereocenters. The lowest BCUT2D eigenvalue weighted by molar-refractivity contribution is -0.196. The van der Waals surface area contributed by atoms with E-state index in [1.54, 1.807) is 0 Å². The number of hydrogen-bond acceptors (Lipinski definition) is 5. The summed E-state index contributed by atoms with van der Waals surface area (Å²) in [6.07, 6.45) is 5.46. The van der Waals surface area contributed by atoms with E-state index < -0.39 is 16.9 Å². The lowest BCUT2D eigenvalue weighted by atomic mass is 9.48. The highest BCUT2D eigenvalue weighted by Gasteiger charge is 2.60. The van der Waals surface area contributed by atoms with Gasteiger partial charge in [-0.1, -0.05) is 6.92 Å². The first-order chi connectivity index (χ1) is 12.3. The van der Waals surface area contributed by atoms with Crippen molar-refractivity contribution in [1.29, 1.82) is 0 Å². The molecule has 0 aromatic rings. The highest BCUT2D eigenvalue weighted by atomic mass is 16.5. The van der Waals surface area contributed by atoms with Crippen LogP contribution in [0.25, 0.3) is 0 Å². The SMILES string of the molecule is CCCNC(=O)CN(C)C(=O)COC(=O)C12C[C@@H]3C[C@@H](CC(O)(C3)C1)C2. The maximum atomic E-state index is 12.7. The summed E-state index contributed by atoms with van der Waals surface area (Å²) in [5.74, 6) is -0.211. The number of hydrogen-bond donors (Lipinski definition) is 2. The van der Waals surface area contributed by atoms with Crippen molar-refractivity contribution in [3.8, 4) is 0 Å². The molecular formula is C19H30N2O5. The average Bonchev–Trinajstić information content (AvgIpc) is 2.55. The van der Waals surface area contributed by atoms with E-state index in [1.807, 2.05) is 6.92 Å². The minimum absolute atomic E-state index is 0.0502. The van der Waals surface area contributed by atoms with Crippen molar-refractivity contribution in [2.45, 2.75) is 57.5 Å². The fourth-order valence-electron chi connectivity index (χ4n) is 5.47. The number of likely N-dealkylation sites (N-methyl/N-ethyl adjacent to an activating group) is 1. The number of rotatable bonds is 7. The van der Waals surface area contributed by atoms with E-state index >= 15 is 0 Å². The summed E-state index contributed by atoms with van der Waals surface area (Å²) in [6, 6.07) is 0. The van der Waals surface area contributed by atoms with E-state index in [4.69, 9.17) is 4.74 Å². The molecule has 0 aromatic heterocycles. The normalized spacial score (nSPS) is 34.4. The summed E-state index contributed by atoms with van der Waals surface area (Å²) in [7, 11) is 1.52. The number of ether oxygens (including phenoxy) is 1. The molecule has 4 rings (SSSR count). The summed E-state index contributed by atoms with van der Waals surface area (Å²) in [6.45, 7) is 2.12. The van der Waals surface area contributed by atoms with Crippen molar-refractivity contribution in [3.63, 3.8) is 0 Å². The van der Waals surface area contributed by atoms with Crippen LogP contribution in [0.15, 0.2) is 0 Å². The van der Waals surface area contributed by atoms with Crippen LogP contribution in [0.4, 0.5) is 0 Å². The first-order valence-corrected chi connectivity index (χ1v) is 9.65. The van der Waals surface area contributed by atoms with Gasteiger partial charge in [-0.05, 0) is 56.8 Å². The molecule has 0 aromatic carbocycles. The Morgan fingerprint density at radius 2 is 1.85 bits per heavy atom. The third kappa shape index (κ3) is 3.87. The number of carbonyl (C=O) groups excluding carboxylic acids is 3. The smallest absolute Gasteiger partial charge is 0.312 e. The summed E-state index contributed by atoms with van der Waals surface area (Å²) in [4.78, 5) is 37.9. The van der Waals surface area contributed by atoms with E-state index in [0.29, 0.717) is 24.8 Å². The van der Waals surface area contributed by atoms with E-state index in [2.05, 4.69) is 5.32 Å². The molecule has 0 radical (unpaired) electrons. The van der Waals surface area contributed by atoms with Crippen LogP contribution >= 0.6 is 0 Å². The molecule has 4 saturated carbocycles. The molecule has 7 nitrogen and oxygen atoms in total. The quantitative estimate of drug-likeness (QED) is 0.651. The van der Waals surface area contributed by atoms with Crippen LogP contribution in [0.3, 0.4) is 0 Å². The van der Waals surface area contributed by atoms with Gasteiger partial charge in [0.1, 0.15) is 0 Å². The lowest BCUT2D eigenvalue weighted by Gasteiger charge is -2.58. The van der Waals surface area contributed by atoms with Crippen LogP contribution < -0.4 is 5.32 Å². The Hall–Kier alpha value is -1.63. The standard InChI is InChI=1S/C19H30N2O5/c1-3-4-20-15(22)10-21(2)16(23)11-26-17(24)18-6-13-5-14(7-18)9-19(25,8-13)12-18/h13-14,25H,3-12H2,1-2H3,(H,20,22)/t13-,14+,18?,19?. The van der Waals surface area contributed by atoms with Gasteiger partial charge in [-0.3, -0.25) is 14.4 Å². The summed E-state index contributed by atoms with van der Waals surface area (Å²) >= 11 is 0. The molecule has 4 fully saturated rings. The van der Waals surface area contributed by atoms with Gasteiger partial charge in [0.15, 0.2) is 6.61 Å². The van der Waals surface area contributed by atoms with Crippen LogP contribution in [0.2, 0.25) is 0 Å². The number of nitrogens with one attached hydrogen (secondary N) is 1. The van der Waals surface area contributed by atoms with Crippen molar-refractivity contribution in [2.24, 2.45) is 17.3 Å². The maximum absolute atomic E-state index is 12.7. The van der Waals surface area contributed by atoms with E-state index in [0.717, 1.165) is 38.5 Å². The molecule has 0 aliphatic heterocycles. The first kappa shape index (κ1) is 19.1. The predicted octanol–water partition coefficient (Wildman–Crippen LogP) is 0.845. The molecule has 2 N–H and O–H groups in total. The molecule has 4 atom stereocenters. The van der Waals surface area contributed by atoms with Gasteiger partial charge in [0.2, 0.25) is 5.91 Å². The van der Waals surface area contributed by atoms with Gasteiger partial charge in [-0.2, -0.15) is 0 Å². The Labute approximate surface area is 154 Å². The number of carbonyl (C=O) groups is 3. The molecule has 4 bridgehead atoms. The number of esters is 1. The molecule has 0 heterocycles. The van der Waals surface area contributed by atoms with E-state index in [9.17, 15) is 19.5 Å². The Balaban J connectivity index is 1.51. The minimum Gasteiger partial charge on any atom is -0.455 e. The molecule has 2 amide bonds. The Morgan fingerprint density at radius 1 is 1.19 bits per heavy atom. The van der Waals surface area contributed by atoms with Gasteiger partial charge in [0.25, 0.3) is 5.91 Å². The molecule has 0 spiro atoms. The van der Waals surface area contributed by atoms with E-state index in [1.165, 1.54) is 11.9 Å². The van der Waals surface area contributed by atoms with Crippen LogP contribution in [0.5, 0.6) is 0 Å². The second kappa shape index (κ2) is 7.18. The highest BCUT2D eigenvalue weighted by molar-refractivity contribution is 5.87. The lowest BCUT2D eigenvalue weighted by Crippen LogP contribution is -2.58. The van der Waals surface area contributed by atoms with Gasteiger partial charge in [0, 0.05) is 13.6 Å². The largest absolute Gasteiger partial charge is 0.455 e. The Morgan fingerprint density at radius 3 is 2.42 bits per heavy atom. The second-order valence-electron chi connectivity index (χ2n) is 8.64. The summed E-state index contributed by atoms with van der Waals surface area (Å²) in [5.41, 5.74) is -1.36. The molecular weight excluding hydrogens is 336 g/mol. The molecule has 0 saturated heterocycles. The zero-order valence-electron chi connectivity index (χ0n) is 15.8. The van der Waals surface area contributed by atoms with Crippen molar-refractivity contribution >= 4 is 17.8 Å². The van der Waals surface area contributed by atoms with Crippen LogP contribution in [0, 0.1) is 17.3 Å². The number of aliphatic hydroxyl groups is 1. The molecule has 4 aliphatic rings. The Kier molecular flexibility index (Phi) is 5.28. The van der Waals surface area contributed by atoms with Gasteiger partial charge < -0.3 is 20.1 Å². The highest BCUT2D eigenvalue weighted by Crippen LogP contribution is 2.61. The maximum Gasteiger partial charge on any atom is 0.312 e. The number of nitrogens with zero attached hydrogens (tertiary/aromatic N) is 1. The van der Waals surface area contributed by atoms with Crippen LogP contribution in [0.1, 0.15) is 51.9 Å². The fourth-order valence-corrected chi connectivity index (χ4v) is 5.47. The van der Waals surface area contributed by atoms with Crippen molar-refractivity contribution in [3.05, 3.63) is 0 Å². The zero-order valence-corrected chi connectivity index (χ0v) is 15.8. The molecule has 7 heteroatoms. The summed E-state index contributed by atoms with van der Waals surface area (Å²) < 4.78 is 5.34. The summed E-state index contributed by atoms with van der Waals surface area (Å²) in [5, 5.41) is 13.4. The first-order valence-electron chi connectivity index (χ1n) is 9.65. The second-order valence-corrected chi connectivity index (χ2v) is 8.64. The Bertz CT molecular complexity index is 576. The van der Waals surface area contributed by atoms with Gasteiger partial charge in [-0.15, -0.1) is 0 Å². The third-order valence-corrected chi connectivity index (χ3v) is 6.17. The van der Waals surface area contributed by atoms with Gasteiger partial charge in [0.05, 0.1) is 17.6 Å². The molecule has 26 heavy (non-hydrogen) atoms. The third-order valence-electron chi connectivity index (χ3n) is 6.17. The fraction of sp³-hybridized carbons (Fsp3) is 0.842. The van der Waals surface area contributed by atoms with Gasteiger partial charge in [-0.25, -0.2) is 0 Å². The van der Waals surface area contributed by atoms with E-state index in [-0.39, 0.29) is 25.0 Å². The van der Waals surface area contributed by atoms with Gasteiger partial charge >= 0.3 is 5.97 Å². The zero-order chi connectivity index (χ0) is 18.9. The van der Waals surface area contributed by atoms with Crippen LogP contribution in [-0.2, 0) is 19.1 Å². The topological polar surface area (TPSA) is 95.9 Å². The van der Waals surface area contributed by atoms with Crippen molar-refractivity contribution in [2.75, 3.05) is 26.7 Å². The average molecular weight is 366 g/mol. The molecule has 4 aliphatic carbocycles. The predicted molar refractivity (Wildman–Crippen MR) is 94.0 cm³/mol. The van der Waals surface area contributed by atoms with Crippen molar-refractivity contribution < 1.29 is 24.2 Å². The minimum atomic E-state index is -0.735. The monoisotopic (exact) mass is 366 g/mol. The number of amides is 2. The van der Waals surface area contributed by atoms with Crippen LogP contribution in [-0.4, -0.2) is 60.1 Å². The molecule has 146 valence electrons. The van der Waals surface area contributed by atoms with Crippen molar-refractivity contribution in [1.82, 2.24) is 10.2 Å².